The van der Waals surface area contributed by atoms with Crippen LogP contribution in [0.1, 0.15) is 32.7 Å². The molecule has 0 aromatic carbocycles. The van der Waals surface area contributed by atoms with Gasteiger partial charge in [-0.15, -0.1) is 0 Å². The first-order valence-corrected chi connectivity index (χ1v) is 6.13. The van der Waals surface area contributed by atoms with Gasteiger partial charge in [0.15, 0.2) is 0 Å². The molecule has 0 saturated carbocycles. The molecule has 2 rings (SSSR count). The van der Waals surface area contributed by atoms with Crippen molar-refractivity contribution >= 4 is 5.91 Å². The van der Waals surface area contributed by atoms with Crippen molar-refractivity contribution in [3.8, 4) is 0 Å². The summed E-state index contributed by atoms with van der Waals surface area (Å²) in [6.07, 6.45) is 5.79. The van der Waals surface area contributed by atoms with E-state index in [1.807, 2.05) is 13.0 Å². The number of amides is 1. The van der Waals surface area contributed by atoms with Crippen LogP contribution in [0.15, 0.2) is 18.5 Å². The molecule has 2 heterocycles. The third kappa shape index (κ3) is 2.85. The topological polar surface area (TPSA) is 59.0 Å². The molecule has 94 valence electrons. The van der Waals surface area contributed by atoms with Crippen LogP contribution in [0.2, 0.25) is 0 Å². The average molecular weight is 236 g/mol. The Hall–Kier alpha value is -1.36. The summed E-state index contributed by atoms with van der Waals surface area (Å²) in [5, 5.41) is 10.5. The Balaban J connectivity index is 1.85. The molecule has 2 atom stereocenters. The third-order valence-corrected chi connectivity index (χ3v) is 3.41. The van der Waals surface area contributed by atoms with Gasteiger partial charge < -0.3 is 10.6 Å². The smallest absolute Gasteiger partial charge is 0.244 e. The Bertz CT molecular complexity index is 368. The number of hydrogen-bond donors (Lipinski definition) is 2. The van der Waals surface area contributed by atoms with Gasteiger partial charge in [0.2, 0.25) is 5.91 Å². The molecule has 1 amide bonds. The lowest BCUT2D eigenvalue weighted by atomic mass is 10.0. The maximum absolute atomic E-state index is 11.9. The van der Waals surface area contributed by atoms with Crippen LogP contribution in [0.5, 0.6) is 0 Å². The van der Waals surface area contributed by atoms with E-state index < -0.39 is 0 Å². The van der Waals surface area contributed by atoms with E-state index >= 15 is 0 Å². The molecular formula is C12H20N4O. The van der Waals surface area contributed by atoms with Crippen LogP contribution in [0.4, 0.5) is 0 Å². The first-order valence-electron chi connectivity index (χ1n) is 6.13. The normalized spacial score (nSPS) is 25.8. The highest BCUT2D eigenvalue weighted by atomic mass is 16.2. The van der Waals surface area contributed by atoms with Gasteiger partial charge in [-0.3, -0.25) is 9.48 Å². The zero-order valence-corrected chi connectivity index (χ0v) is 10.4. The van der Waals surface area contributed by atoms with Crippen LogP contribution in [0, 0.1) is 0 Å². The number of hydrogen-bond acceptors (Lipinski definition) is 3. The second-order valence-corrected chi connectivity index (χ2v) is 4.97. The van der Waals surface area contributed by atoms with E-state index in [2.05, 4.69) is 22.7 Å². The lowest BCUT2D eigenvalue weighted by molar-refractivity contribution is -0.124. The highest BCUT2D eigenvalue weighted by Crippen LogP contribution is 2.17. The van der Waals surface area contributed by atoms with Crippen LogP contribution in [0.3, 0.4) is 0 Å². The first kappa shape index (κ1) is 12.1. The summed E-state index contributed by atoms with van der Waals surface area (Å²) in [4.78, 5) is 11.9. The minimum absolute atomic E-state index is 0.0172. The Morgan fingerprint density at radius 2 is 2.53 bits per heavy atom. The monoisotopic (exact) mass is 236 g/mol. The molecule has 2 N–H and O–H groups in total. The molecule has 0 radical (unpaired) electrons. The van der Waals surface area contributed by atoms with Gasteiger partial charge in [0.25, 0.3) is 0 Å². The van der Waals surface area contributed by atoms with E-state index in [9.17, 15) is 4.79 Å². The zero-order chi connectivity index (χ0) is 12.3. The summed E-state index contributed by atoms with van der Waals surface area (Å²) in [5.74, 6) is 0.0172. The van der Waals surface area contributed by atoms with Crippen molar-refractivity contribution in [2.24, 2.45) is 0 Å². The van der Waals surface area contributed by atoms with Crippen LogP contribution < -0.4 is 10.6 Å². The highest BCUT2D eigenvalue weighted by molar-refractivity contribution is 5.79. The van der Waals surface area contributed by atoms with Gasteiger partial charge in [0, 0.05) is 24.5 Å². The van der Waals surface area contributed by atoms with Gasteiger partial charge in [-0.2, -0.15) is 5.10 Å². The molecule has 2 unspecified atom stereocenters. The van der Waals surface area contributed by atoms with Gasteiger partial charge in [-0.05, 0) is 39.3 Å². The summed E-state index contributed by atoms with van der Waals surface area (Å²) in [6.45, 7) is 5.73. The average Bonchev–Trinajstić information content (AvgIpc) is 2.96. The minimum Gasteiger partial charge on any atom is -0.352 e. The predicted octanol–water partition coefficient (Wildman–Crippen LogP) is 0.702. The Morgan fingerprint density at radius 3 is 3.12 bits per heavy atom. The van der Waals surface area contributed by atoms with Gasteiger partial charge >= 0.3 is 0 Å². The molecule has 1 aromatic heterocycles. The lowest BCUT2D eigenvalue weighted by Crippen LogP contribution is -2.48. The fraction of sp³-hybridized carbons (Fsp3) is 0.667. The number of rotatable bonds is 4. The maximum Gasteiger partial charge on any atom is 0.244 e. The van der Waals surface area contributed by atoms with Crippen molar-refractivity contribution in [1.82, 2.24) is 20.4 Å². The van der Waals surface area contributed by atoms with Crippen molar-refractivity contribution in [2.45, 2.75) is 38.3 Å². The van der Waals surface area contributed by atoms with Crippen molar-refractivity contribution in [3.63, 3.8) is 0 Å². The molecule has 1 aliphatic rings. The second kappa shape index (κ2) is 4.87. The van der Waals surface area contributed by atoms with Crippen molar-refractivity contribution in [2.75, 3.05) is 13.1 Å². The van der Waals surface area contributed by atoms with Crippen LogP contribution in [-0.2, 0) is 4.79 Å². The first-order chi connectivity index (χ1) is 8.11. The van der Waals surface area contributed by atoms with Crippen molar-refractivity contribution in [1.29, 1.82) is 0 Å². The van der Waals surface area contributed by atoms with Crippen LogP contribution in [-0.4, -0.2) is 34.3 Å². The van der Waals surface area contributed by atoms with Crippen LogP contribution >= 0.6 is 0 Å². The molecule has 1 aliphatic heterocycles. The third-order valence-electron chi connectivity index (χ3n) is 3.41. The van der Waals surface area contributed by atoms with E-state index in [1.54, 1.807) is 17.1 Å². The van der Waals surface area contributed by atoms with E-state index in [0.717, 1.165) is 13.0 Å². The molecule has 1 saturated heterocycles. The Labute approximate surface area is 102 Å². The fourth-order valence-corrected chi connectivity index (χ4v) is 2.17. The van der Waals surface area contributed by atoms with Gasteiger partial charge in [-0.1, -0.05) is 0 Å². The van der Waals surface area contributed by atoms with Crippen molar-refractivity contribution < 1.29 is 4.79 Å². The summed E-state index contributed by atoms with van der Waals surface area (Å²) in [7, 11) is 0. The largest absolute Gasteiger partial charge is 0.352 e. The molecule has 17 heavy (non-hydrogen) atoms. The summed E-state index contributed by atoms with van der Waals surface area (Å²) in [5.41, 5.74) is 0.0551. The molecular weight excluding hydrogens is 216 g/mol. The molecule has 0 aliphatic carbocycles. The maximum atomic E-state index is 11.9. The summed E-state index contributed by atoms with van der Waals surface area (Å²) < 4.78 is 1.67. The second-order valence-electron chi connectivity index (χ2n) is 4.97. The molecule has 1 fully saturated rings. The fourth-order valence-electron chi connectivity index (χ4n) is 2.17. The van der Waals surface area contributed by atoms with Crippen molar-refractivity contribution in [3.05, 3.63) is 18.5 Å². The quantitative estimate of drug-likeness (QED) is 0.809. The predicted molar refractivity (Wildman–Crippen MR) is 65.6 cm³/mol. The summed E-state index contributed by atoms with van der Waals surface area (Å²) in [6, 6.07) is 1.57. The summed E-state index contributed by atoms with van der Waals surface area (Å²) >= 11 is 0. The number of carbonyl (C=O) groups excluding carboxylic acids is 1. The molecule has 5 nitrogen and oxygen atoms in total. The van der Waals surface area contributed by atoms with Gasteiger partial charge in [-0.25, -0.2) is 0 Å². The van der Waals surface area contributed by atoms with E-state index in [4.69, 9.17) is 0 Å². The number of nitrogens with one attached hydrogen (secondary N) is 2. The van der Waals surface area contributed by atoms with E-state index in [1.165, 1.54) is 6.42 Å². The van der Waals surface area contributed by atoms with Crippen LogP contribution in [0.25, 0.3) is 0 Å². The van der Waals surface area contributed by atoms with E-state index in [0.29, 0.717) is 6.54 Å². The van der Waals surface area contributed by atoms with E-state index in [-0.39, 0.29) is 17.5 Å². The number of carbonyl (C=O) groups is 1. The molecule has 0 bridgehead atoms. The highest BCUT2D eigenvalue weighted by Gasteiger charge is 2.29. The minimum atomic E-state index is -0.255. The molecule has 0 spiro atoms. The SMILES string of the molecule is CC(C(=O)NCC1(C)CCCN1)n1cccn1. The molecule has 1 aromatic rings. The molecule has 5 heteroatoms. The Morgan fingerprint density at radius 1 is 1.71 bits per heavy atom. The number of nitrogens with zero attached hydrogens (tertiary/aromatic N) is 2. The lowest BCUT2D eigenvalue weighted by Gasteiger charge is -2.25. The number of aromatic nitrogens is 2. The zero-order valence-electron chi connectivity index (χ0n) is 10.4. The standard InChI is InChI=1S/C12H20N4O/c1-10(16-8-4-7-15-16)11(17)13-9-12(2)5-3-6-14-12/h4,7-8,10,14H,3,5-6,9H2,1-2H3,(H,13,17). The van der Waals surface area contributed by atoms with Gasteiger partial charge in [0.05, 0.1) is 0 Å². The Kier molecular flexibility index (Phi) is 3.47. The van der Waals surface area contributed by atoms with Gasteiger partial charge in [0.1, 0.15) is 6.04 Å².